The predicted molar refractivity (Wildman–Crippen MR) is 88.7 cm³/mol. The largest absolute Gasteiger partial charge is 0.324 e. The van der Waals surface area contributed by atoms with Crippen LogP contribution in [0.2, 0.25) is 5.02 Å². The molecule has 0 saturated carbocycles. The first kappa shape index (κ1) is 14.7. The molecule has 5 heteroatoms. The second-order valence-electron chi connectivity index (χ2n) is 5.18. The lowest BCUT2D eigenvalue weighted by Crippen LogP contribution is -2.25. The Balaban J connectivity index is 2.18. The molecule has 0 saturated heterocycles. The fourth-order valence-electron chi connectivity index (χ4n) is 2.50. The van der Waals surface area contributed by atoms with Crippen LogP contribution in [-0.2, 0) is 4.79 Å². The van der Waals surface area contributed by atoms with Gasteiger partial charge in [-0.2, -0.15) is 0 Å². The molecule has 0 aliphatic carbocycles. The molecule has 1 aliphatic rings. The summed E-state index contributed by atoms with van der Waals surface area (Å²) in [4.78, 5) is 21.4. The molecule has 2 aromatic rings. The van der Waals surface area contributed by atoms with Gasteiger partial charge >= 0.3 is 0 Å². The molecule has 1 N–H and O–H groups in total. The molecule has 0 spiro atoms. The number of benzene rings is 1. The summed E-state index contributed by atoms with van der Waals surface area (Å²) >= 11 is 6.13. The van der Waals surface area contributed by atoms with Crippen LogP contribution in [0.25, 0.3) is 0 Å². The minimum absolute atomic E-state index is 0.0867. The van der Waals surface area contributed by atoms with Crippen LogP contribution in [0.4, 0.5) is 5.69 Å². The van der Waals surface area contributed by atoms with E-state index in [1.54, 1.807) is 12.3 Å². The van der Waals surface area contributed by atoms with Crippen LogP contribution >= 0.6 is 11.6 Å². The first-order valence-electron chi connectivity index (χ1n) is 7.29. The molecule has 2 heterocycles. The second-order valence-corrected chi connectivity index (χ2v) is 5.61. The first-order valence-corrected chi connectivity index (χ1v) is 7.67. The van der Waals surface area contributed by atoms with Gasteiger partial charge in [0.05, 0.1) is 17.1 Å². The monoisotopic (exact) mass is 313 g/mol. The number of rotatable bonds is 3. The van der Waals surface area contributed by atoms with E-state index in [1.165, 1.54) is 0 Å². The number of carbonyl (C=O) groups excluding carboxylic acids is 1. The van der Waals surface area contributed by atoms with Crippen molar-refractivity contribution in [1.29, 1.82) is 0 Å². The molecule has 4 nitrogen and oxygen atoms in total. The first-order chi connectivity index (χ1) is 10.7. The summed E-state index contributed by atoms with van der Waals surface area (Å²) in [6.45, 7) is 2.04. The lowest BCUT2D eigenvalue weighted by Gasteiger charge is -2.09. The second kappa shape index (κ2) is 6.28. The molecule has 0 unspecified atom stereocenters. The van der Waals surface area contributed by atoms with Crippen LogP contribution in [0.5, 0.6) is 0 Å². The van der Waals surface area contributed by atoms with Crippen LogP contribution < -0.4 is 5.32 Å². The maximum absolute atomic E-state index is 12.4. The zero-order valence-electron chi connectivity index (χ0n) is 12.2. The molecule has 1 amide bonds. The molecule has 0 bridgehead atoms. The van der Waals surface area contributed by atoms with E-state index in [-0.39, 0.29) is 5.91 Å². The number of amides is 1. The number of hydrogen-bond acceptors (Lipinski definition) is 3. The molecule has 112 valence electrons. The Morgan fingerprint density at radius 3 is 2.86 bits per heavy atom. The van der Waals surface area contributed by atoms with Crippen LogP contribution in [0.1, 0.15) is 31.0 Å². The zero-order chi connectivity index (χ0) is 15.5. The number of fused-ring (bicyclic) bond motifs is 1. The van der Waals surface area contributed by atoms with Crippen molar-refractivity contribution in [3.63, 3.8) is 0 Å². The lowest BCUT2D eigenvalue weighted by atomic mass is 10.0. The number of nitrogens with zero attached hydrogens (tertiary/aromatic N) is 2. The summed E-state index contributed by atoms with van der Waals surface area (Å²) in [6.07, 6.45) is 3.30. The van der Waals surface area contributed by atoms with E-state index in [2.05, 4.69) is 15.3 Å². The number of carbonyl (C=O) groups is 1. The maximum Gasteiger partial charge on any atom is 0.249 e. The Morgan fingerprint density at radius 1 is 1.27 bits per heavy atom. The number of aliphatic imine (C=N–C) groups is 1. The summed E-state index contributed by atoms with van der Waals surface area (Å²) in [7, 11) is 0. The van der Waals surface area contributed by atoms with Crippen molar-refractivity contribution < 1.29 is 4.79 Å². The van der Waals surface area contributed by atoms with Gasteiger partial charge in [0.1, 0.15) is 6.04 Å². The Hall–Kier alpha value is -2.20. The van der Waals surface area contributed by atoms with Crippen LogP contribution in [0, 0.1) is 0 Å². The van der Waals surface area contributed by atoms with E-state index in [0.29, 0.717) is 17.2 Å². The topological polar surface area (TPSA) is 54.4 Å². The highest BCUT2D eigenvalue weighted by molar-refractivity contribution is 6.31. The van der Waals surface area contributed by atoms with E-state index >= 15 is 0 Å². The van der Waals surface area contributed by atoms with Crippen molar-refractivity contribution in [3.05, 3.63) is 58.9 Å². The molecule has 1 aliphatic heterocycles. The summed E-state index contributed by atoms with van der Waals surface area (Å²) in [5, 5.41) is 3.55. The maximum atomic E-state index is 12.4. The fourth-order valence-corrected chi connectivity index (χ4v) is 2.67. The predicted octanol–water partition coefficient (Wildman–Crippen LogP) is 3.69. The molecule has 1 aromatic carbocycles. The average Bonchev–Trinajstić information content (AvgIpc) is 2.66. The average molecular weight is 314 g/mol. The van der Waals surface area contributed by atoms with E-state index < -0.39 is 6.04 Å². The smallest absolute Gasteiger partial charge is 0.249 e. The van der Waals surface area contributed by atoms with Gasteiger partial charge in [-0.3, -0.25) is 14.8 Å². The van der Waals surface area contributed by atoms with Crippen molar-refractivity contribution in [1.82, 2.24) is 4.98 Å². The molecule has 3 rings (SSSR count). The molecule has 1 atom stereocenters. The molecule has 1 aromatic heterocycles. The minimum Gasteiger partial charge on any atom is -0.324 e. The molecule has 22 heavy (non-hydrogen) atoms. The van der Waals surface area contributed by atoms with Gasteiger partial charge in [-0.05, 0) is 36.8 Å². The summed E-state index contributed by atoms with van der Waals surface area (Å²) in [6, 6.07) is 10.6. The number of pyridine rings is 1. The number of halogens is 1. The highest BCUT2D eigenvalue weighted by Gasteiger charge is 2.25. The van der Waals surface area contributed by atoms with Gasteiger partial charge in [0, 0.05) is 16.8 Å². The third-order valence-corrected chi connectivity index (χ3v) is 3.79. The Bertz CT molecular complexity index is 728. The summed E-state index contributed by atoms with van der Waals surface area (Å²) in [5.41, 5.74) is 2.97. The van der Waals surface area contributed by atoms with Gasteiger partial charge in [0.25, 0.3) is 0 Å². The number of aromatic nitrogens is 1. The van der Waals surface area contributed by atoms with E-state index in [4.69, 9.17) is 11.6 Å². The Labute approximate surface area is 134 Å². The van der Waals surface area contributed by atoms with Gasteiger partial charge in [-0.1, -0.05) is 31.0 Å². The highest BCUT2D eigenvalue weighted by Crippen LogP contribution is 2.27. The quantitative estimate of drug-likeness (QED) is 0.939. The van der Waals surface area contributed by atoms with Gasteiger partial charge in [0.2, 0.25) is 5.91 Å². The summed E-state index contributed by atoms with van der Waals surface area (Å²) < 4.78 is 0. The van der Waals surface area contributed by atoms with Crippen LogP contribution in [0.15, 0.2) is 47.6 Å². The molecule has 0 fully saturated rings. The normalized spacial score (nSPS) is 17.3. The fraction of sp³-hybridized carbons (Fsp3) is 0.235. The van der Waals surface area contributed by atoms with E-state index in [9.17, 15) is 4.79 Å². The van der Waals surface area contributed by atoms with Gasteiger partial charge in [-0.25, -0.2) is 0 Å². The number of anilines is 1. The van der Waals surface area contributed by atoms with Crippen LogP contribution in [0.3, 0.4) is 0 Å². The molecular formula is C17H16ClN3O. The van der Waals surface area contributed by atoms with E-state index in [0.717, 1.165) is 23.4 Å². The summed E-state index contributed by atoms with van der Waals surface area (Å²) in [5.74, 6) is -0.0867. The van der Waals surface area contributed by atoms with Crippen molar-refractivity contribution in [2.75, 3.05) is 5.32 Å². The number of benzodiazepines with no additional fused rings is 1. The molecule has 0 radical (unpaired) electrons. The Kier molecular flexibility index (Phi) is 4.20. The third kappa shape index (κ3) is 2.88. The van der Waals surface area contributed by atoms with Crippen LogP contribution in [-0.4, -0.2) is 22.6 Å². The number of nitrogens with one attached hydrogen (secondary N) is 1. The SMILES string of the molecule is CCC[C@@H]1N=C(c2ccccn2)c2cc(Cl)ccc2NC1=O. The van der Waals surface area contributed by atoms with Gasteiger partial charge < -0.3 is 5.32 Å². The van der Waals surface area contributed by atoms with Crippen molar-refractivity contribution in [2.45, 2.75) is 25.8 Å². The van der Waals surface area contributed by atoms with Crippen molar-refractivity contribution >= 4 is 28.9 Å². The van der Waals surface area contributed by atoms with E-state index in [1.807, 2.05) is 37.3 Å². The third-order valence-electron chi connectivity index (χ3n) is 3.55. The van der Waals surface area contributed by atoms with Gasteiger partial charge in [-0.15, -0.1) is 0 Å². The van der Waals surface area contributed by atoms with Gasteiger partial charge in [0.15, 0.2) is 0 Å². The highest BCUT2D eigenvalue weighted by atomic mass is 35.5. The number of hydrogen-bond donors (Lipinski definition) is 1. The standard InChI is InChI=1S/C17H16ClN3O/c1-2-5-15-17(22)21-13-8-7-11(18)10-12(13)16(20-15)14-6-3-4-9-19-14/h3-4,6-10,15H,2,5H2,1H3,(H,21,22)/t15-/m0/s1. The molecular weight excluding hydrogens is 298 g/mol. The zero-order valence-corrected chi connectivity index (χ0v) is 13.0. The van der Waals surface area contributed by atoms with Crippen molar-refractivity contribution in [2.24, 2.45) is 4.99 Å². The Morgan fingerprint density at radius 2 is 2.14 bits per heavy atom. The minimum atomic E-state index is -0.409. The lowest BCUT2D eigenvalue weighted by molar-refractivity contribution is -0.117. The van der Waals surface area contributed by atoms with Crippen molar-refractivity contribution in [3.8, 4) is 0 Å².